The van der Waals surface area contributed by atoms with Crippen molar-refractivity contribution in [2.45, 2.75) is 39.7 Å². The zero-order valence-corrected chi connectivity index (χ0v) is 10.5. The normalized spacial score (nSPS) is 34.1. The van der Waals surface area contributed by atoms with Crippen LogP contribution in [-0.2, 0) is 9.59 Å². The SMILES string of the molecule is CC1CC2C(=O)N(C(C#N)C(C)C)C(=O)C2C1. The molecule has 3 unspecified atom stereocenters. The maximum Gasteiger partial charge on any atom is 0.234 e. The average molecular weight is 234 g/mol. The molecule has 0 bridgehead atoms. The van der Waals surface area contributed by atoms with E-state index in [9.17, 15) is 9.59 Å². The molecule has 1 heterocycles. The van der Waals surface area contributed by atoms with Crippen molar-refractivity contribution in [3.63, 3.8) is 0 Å². The van der Waals surface area contributed by atoms with Crippen LogP contribution in [0.4, 0.5) is 0 Å². The Labute approximate surface area is 102 Å². The molecule has 0 N–H and O–H groups in total. The minimum absolute atomic E-state index is 0.0100. The third-order valence-corrected chi connectivity index (χ3v) is 3.95. The molecule has 0 radical (unpaired) electrons. The lowest BCUT2D eigenvalue weighted by Gasteiger charge is -2.24. The number of nitriles is 1. The number of likely N-dealkylation sites (tertiary alicyclic amines) is 1. The van der Waals surface area contributed by atoms with E-state index in [-0.39, 0.29) is 29.6 Å². The van der Waals surface area contributed by atoms with E-state index in [1.165, 1.54) is 4.90 Å². The maximum atomic E-state index is 12.2. The summed E-state index contributed by atoms with van der Waals surface area (Å²) in [6.45, 7) is 5.81. The number of rotatable bonds is 2. The Hall–Kier alpha value is -1.37. The second kappa shape index (κ2) is 4.14. The molecule has 0 aromatic carbocycles. The van der Waals surface area contributed by atoms with Gasteiger partial charge >= 0.3 is 0 Å². The minimum Gasteiger partial charge on any atom is -0.274 e. The molecule has 4 heteroatoms. The highest BCUT2D eigenvalue weighted by Crippen LogP contribution is 2.43. The zero-order chi connectivity index (χ0) is 12.7. The fraction of sp³-hybridized carbons (Fsp3) is 0.769. The fourth-order valence-corrected chi connectivity index (χ4v) is 3.08. The molecule has 4 nitrogen and oxygen atoms in total. The van der Waals surface area contributed by atoms with Gasteiger partial charge in [0.15, 0.2) is 0 Å². The Kier molecular flexibility index (Phi) is 2.94. The number of nitrogens with zero attached hydrogens (tertiary/aromatic N) is 2. The van der Waals surface area contributed by atoms with Gasteiger partial charge in [0.1, 0.15) is 6.04 Å². The first-order valence-corrected chi connectivity index (χ1v) is 6.24. The summed E-state index contributed by atoms with van der Waals surface area (Å²) >= 11 is 0. The standard InChI is InChI=1S/C13H18N2O2/c1-7(2)11(6-14)15-12(16)9-4-8(3)5-10(9)13(15)17/h7-11H,4-5H2,1-3H3. The van der Waals surface area contributed by atoms with Crippen molar-refractivity contribution < 1.29 is 9.59 Å². The number of carbonyl (C=O) groups excluding carboxylic acids is 2. The summed E-state index contributed by atoms with van der Waals surface area (Å²) in [6.07, 6.45) is 1.59. The van der Waals surface area contributed by atoms with E-state index < -0.39 is 6.04 Å². The lowest BCUT2D eigenvalue weighted by molar-refractivity contribution is -0.142. The van der Waals surface area contributed by atoms with Gasteiger partial charge in [-0.15, -0.1) is 0 Å². The quantitative estimate of drug-likeness (QED) is 0.681. The van der Waals surface area contributed by atoms with Gasteiger partial charge in [0.2, 0.25) is 11.8 Å². The minimum atomic E-state index is -0.601. The molecule has 0 aromatic rings. The van der Waals surface area contributed by atoms with Crippen LogP contribution in [0.15, 0.2) is 0 Å². The Morgan fingerprint density at radius 3 is 2.06 bits per heavy atom. The number of amides is 2. The van der Waals surface area contributed by atoms with Gasteiger partial charge in [-0.2, -0.15) is 5.26 Å². The smallest absolute Gasteiger partial charge is 0.234 e. The largest absolute Gasteiger partial charge is 0.274 e. The number of carbonyl (C=O) groups is 2. The second-order valence-electron chi connectivity index (χ2n) is 5.65. The summed E-state index contributed by atoms with van der Waals surface area (Å²) in [4.78, 5) is 25.6. The van der Waals surface area contributed by atoms with Gasteiger partial charge in [-0.3, -0.25) is 14.5 Å². The topological polar surface area (TPSA) is 61.2 Å². The molecular weight excluding hydrogens is 216 g/mol. The van der Waals surface area contributed by atoms with Crippen LogP contribution in [0.3, 0.4) is 0 Å². The lowest BCUT2D eigenvalue weighted by Crippen LogP contribution is -2.43. The van der Waals surface area contributed by atoms with Gasteiger partial charge in [-0.25, -0.2) is 0 Å². The monoisotopic (exact) mass is 234 g/mol. The van der Waals surface area contributed by atoms with Crippen LogP contribution < -0.4 is 0 Å². The summed E-state index contributed by atoms with van der Waals surface area (Å²) < 4.78 is 0. The summed E-state index contributed by atoms with van der Waals surface area (Å²) in [5.41, 5.74) is 0. The van der Waals surface area contributed by atoms with Crippen molar-refractivity contribution in [2.75, 3.05) is 0 Å². The molecule has 2 aliphatic rings. The predicted molar refractivity (Wildman–Crippen MR) is 61.5 cm³/mol. The first-order valence-electron chi connectivity index (χ1n) is 6.24. The Morgan fingerprint density at radius 2 is 1.71 bits per heavy atom. The summed E-state index contributed by atoms with van der Waals surface area (Å²) in [5, 5.41) is 9.11. The second-order valence-corrected chi connectivity index (χ2v) is 5.65. The number of hydrogen-bond acceptors (Lipinski definition) is 3. The van der Waals surface area contributed by atoms with Crippen LogP contribution in [0, 0.1) is 35.0 Å². The molecule has 1 saturated carbocycles. The predicted octanol–water partition coefficient (Wildman–Crippen LogP) is 1.57. The molecule has 92 valence electrons. The van der Waals surface area contributed by atoms with Crippen LogP contribution in [-0.4, -0.2) is 22.8 Å². The number of fused-ring (bicyclic) bond motifs is 1. The summed E-state index contributed by atoms with van der Waals surface area (Å²) in [7, 11) is 0. The van der Waals surface area contributed by atoms with Crippen LogP contribution >= 0.6 is 0 Å². The lowest BCUT2D eigenvalue weighted by atomic mass is 10.00. The Balaban J connectivity index is 2.26. The molecule has 2 rings (SSSR count). The number of imide groups is 1. The van der Waals surface area contributed by atoms with Crippen molar-refractivity contribution in [1.82, 2.24) is 4.90 Å². The fourth-order valence-electron chi connectivity index (χ4n) is 3.08. The average Bonchev–Trinajstić information content (AvgIpc) is 2.73. The molecule has 2 fully saturated rings. The van der Waals surface area contributed by atoms with Gasteiger partial charge in [-0.1, -0.05) is 20.8 Å². The van der Waals surface area contributed by atoms with Crippen LogP contribution in [0.25, 0.3) is 0 Å². The van der Waals surface area contributed by atoms with E-state index in [2.05, 4.69) is 13.0 Å². The summed E-state index contributed by atoms with van der Waals surface area (Å²) in [6, 6.07) is 1.49. The van der Waals surface area contributed by atoms with E-state index in [0.29, 0.717) is 5.92 Å². The molecule has 1 aliphatic carbocycles. The molecule has 17 heavy (non-hydrogen) atoms. The van der Waals surface area contributed by atoms with Crippen LogP contribution in [0.1, 0.15) is 33.6 Å². The van der Waals surface area contributed by atoms with Crippen molar-refractivity contribution in [3.05, 3.63) is 0 Å². The van der Waals surface area contributed by atoms with E-state index in [4.69, 9.17) is 5.26 Å². The highest BCUT2D eigenvalue weighted by molar-refractivity contribution is 6.06. The first kappa shape index (κ1) is 12.1. The van der Waals surface area contributed by atoms with Crippen LogP contribution in [0.5, 0.6) is 0 Å². The first-order chi connectivity index (χ1) is 7.97. The van der Waals surface area contributed by atoms with E-state index in [0.717, 1.165) is 12.8 Å². The number of hydrogen-bond donors (Lipinski definition) is 0. The Morgan fingerprint density at radius 1 is 1.24 bits per heavy atom. The van der Waals surface area contributed by atoms with Gasteiger partial charge in [0, 0.05) is 0 Å². The van der Waals surface area contributed by atoms with Gasteiger partial charge in [-0.05, 0) is 24.7 Å². The van der Waals surface area contributed by atoms with Crippen molar-refractivity contribution in [1.29, 1.82) is 5.26 Å². The van der Waals surface area contributed by atoms with Gasteiger partial charge in [0.25, 0.3) is 0 Å². The summed E-state index contributed by atoms with van der Waals surface area (Å²) in [5.74, 6) is -0.128. The molecule has 1 saturated heterocycles. The Bertz CT molecular complexity index is 373. The van der Waals surface area contributed by atoms with Gasteiger partial charge < -0.3 is 0 Å². The third kappa shape index (κ3) is 1.74. The molecule has 0 spiro atoms. The third-order valence-electron chi connectivity index (χ3n) is 3.95. The molecule has 2 amide bonds. The van der Waals surface area contributed by atoms with Crippen molar-refractivity contribution in [3.8, 4) is 6.07 Å². The molecule has 0 aromatic heterocycles. The van der Waals surface area contributed by atoms with Gasteiger partial charge in [0.05, 0.1) is 17.9 Å². The van der Waals surface area contributed by atoms with Crippen LogP contribution in [0.2, 0.25) is 0 Å². The molecule has 3 atom stereocenters. The molecule has 1 aliphatic heterocycles. The van der Waals surface area contributed by atoms with E-state index in [1.807, 2.05) is 13.8 Å². The van der Waals surface area contributed by atoms with E-state index in [1.54, 1.807) is 0 Å². The highest BCUT2D eigenvalue weighted by Gasteiger charge is 2.53. The van der Waals surface area contributed by atoms with Crippen molar-refractivity contribution in [2.24, 2.45) is 23.7 Å². The van der Waals surface area contributed by atoms with E-state index >= 15 is 0 Å². The molecular formula is C13H18N2O2. The van der Waals surface area contributed by atoms with Crippen molar-refractivity contribution >= 4 is 11.8 Å². The maximum absolute atomic E-state index is 12.2. The highest BCUT2D eigenvalue weighted by atomic mass is 16.2. The zero-order valence-electron chi connectivity index (χ0n) is 10.5.